The summed E-state index contributed by atoms with van der Waals surface area (Å²) in [6.45, 7) is 3.89. The Kier molecular flexibility index (Phi) is 7.43. The number of amides is 2. The maximum Gasteiger partial charge on any atom is 0.323 e. The van der Waals surface area contributed by atoms with Crippen LogP contribution in [-0.4, -0.2) is 64.7 Å². The van der Waals surface area contributed by atoms with E-state index in [0.717, 1.165) is 55.0 Å². The fourth-order valence-electron chi connectivity index (χ4n) is 4.61. The number of urea groups is 1. The van der Waals surface area contributed by atoms with Crippen molar-refractivity contribution in [3.05, 3.63) is 71.5 Å². The summed E-state index contributed by atoms with van der Waals surface area (Å²) in [5.41, 5.74) is 3.02. The number of benzene rings is 2. The van der Waals surface area contributed by atoms with Crippen molar-refractivity contribution in [2.45, 2.75) is 25.4 Å². The molecule has 1 aliphatic heterocycles. The van der Waals surface area contributed by atoms with Gasteiger partial charge in [-0.25, -0.2) is 19.2 Å². The third-order valence-corrected chi connectivity index (χ3v) is 7.37. The van der Waals surface area contributed by atoms with Gasteiger partial charge in [-0.15, -0.1) is 11.3 Å². The number of aromatic nitrogens is 3. The quantitative estimate of drug-likeness (QED) is 0.370. The first kappa shape index (κ1) is 24.2. The van der Waals surface area contributed by atoms with Crippen LogP contribution in [0.5, 0.6) is 0 Å². The van der Waals surface area contributed by atoms with Crippen molar-refractivity contribution in [1.29, 1.82) is 0 Å². The number of halogens is 1. The molecule has 36 heavy (non-hydrogen) atoms. The Hall–Kier alpha value is -3.50. The first-order valence-corrected chi connectivity index (χ1v) is 13.1. The van der Waals surface area contributed by atoms with Gasteiger partial charge in [0.2, 0.25) is 5.95 Å². The Balaban J connectivity index is 1.21. The van der Waals surface area contributed by atoms with Gasteiger partial charge in [-0.3, -0.25) is 4.90 Å². The van der Waals surface area contributed by atoms with E-state index in [9.17, 15) is 9.18 Å². The minimum atomic E-state index is -0.232. The van der Waals surface area contributed by atoms with E-state index in [4.69, 9.17) is 4.98 Å². The molecule has 2 N–H and O–H groups in total. The van der Waals surface area contributed by atoms with Crippen LogP contribution in [0.4, 0.5) is 20.3 Å². The molecule has 0 spiro atoms. The van der Waals surface area contributed by atoms with Crippen molar-refractivity contribution >= 4 is 39.5 Å². The van der Waals surface area contributed by atoms with E-state index in [1.807, 2.05) is 35.7 Å². The summed E-state index contributed by atoms with van der Waals surface area (Å²) in [4.78, 5) is 25.6. The molecule has 2 amide bonds. The smallest absolute Gasteiger partial charge is 0.323 e. The molecule has 1 saturated heterocycles. The van der Waals surface area contributed by atoms with Crippen LogP contribution in [0.3, 0.4) is 0 Å². The van der Waals surface area contributed by atoms with Crippen molar-refractivity contribution in [2.24, 2.45) is 0 Å². The Bertz CT molecular complexity index is 1280. The van der Waals surface area contributed by atoms with Gasteiger partial charge in [-0.05, 0) is 42.7 Å². The monoisotopic (exact) mass is 507 g/mol. The maximum atomic E-state index is 13.4. The lowest BCUT2D eigenvalue weighted by molar-refractivity contribution is 0.219. The van der Waals surface area contributed by atoms with Gasteiger partial charge in [-0.2, -0.15) is 0 Å². The van der Waals surface area contributed by atoms with Crippen LogP contribution in [0.15, 0.2) is 60.1 Å². The summed E-state index contributed by atoms with van der Waals surface area (Å²) in [7, 11) is 1.64. The summed E-state index contributed by atoms with van der Waals surface area (Å²) in [6, 6.07) is 14.9. The lowest BCUT2D eigenvalue weighted by Gasteiger charge is -2.33. The number of imidazole rings is 1. The zero-order chi connectivity index (χ0) is 24.9. The molecule has 10 heteroatoms. The highest BCUT2D eigenvalue weighted by Gasteiger charge is 2.23. The number of thiazole rings is 1. The van der Waals surface area contributed by atoms with E-state index in [-0.39, 0.29) is 11.8 Å². The van der Waals surface area contributed by atoms with Gasteiger partial charge >= 0.3 is 6.03 Å². The molecule has 4 aromatic rings. The second kappa shape index (κ2) is 11.0. The van der Waals surface area contributed by atoms with Crippen molar-refractivity contribution in [1.82, 2.24) is 24.8 Å². The summed E-state index contributed by atoms with van der Waals surface area (Å²) in [6.07, 6.45) is 3.68. The van der Waals surface area contributed by atoms with E-state index < -0.39 is 0 Å². The van der Waals surface area contributed by atoms with E-state index in [1.165, 1.54) is 23.5 Å². The molecular weight excluding hydrogens is 477 g/mol. The number of carbonyl (C=O) groups excluding carboxylic acids is 1. The first-order valence-electron chi connectivity index (χ1n) is 12.2. The topological polar surface area (TPSA) is 78.3 Å². The molecule has 2 aromatic heterocycles. The summed E-state index contributed by atoms with van der Waals surface area (Å²) >= 11 is 1.46. The highest BCUT2D eigenvalue weighted by Crippen LogP contribution is 2.24. The zero-order valence-electron chi connectivity index (χ0n) is 20.2. The van der Waals surface area contributed by atoms with Crippen LogP contribution in [0.1, 0.15) is 18.4 Å². The van der Waals surface area contributed by atoms with Crippen LogP contribution in [0, 0.1) is 5.82 Å². The predicted molar refractivity (Wildman–Crippen MR) is 142 cm³/mol. The molecule has 1 aliphatic rings. The summed E-state index contributed by atoms with van der Waals surface area (Å²) < 4.78 is 15.6. The Morgan fingerprint density at radius 1 is 1.17 bits per heavy atom. The van der Waals surface area contributed by atoms with Crippen LogP contribution in [-0.2, 0) is 6.54 Å². The van der Waals surface area contributed by atoms with E-state index in [1.54, 1.807) is 18.1 Å². The van der Waals surface area contributed by atoms with Crippen LogP contribution in [0.25, 0.3) is 11.0 Å². The third kappa shape index (κ3) is 5.50. The van der Waals surface area contributed by atoms with Crippen molar-refractivity contribution in [3.8, 4) is 0 Å². The number of piperidine rings is 1. The number of carbonyl (C=O) groups is 1. The van der Waals surface area contributed by atoms with Crippen LogP contribution >= 0.6 is 11.3 Å². The SMILES string of the molecule is CNC(=O)N(CCN1CCC(Nc2nc3ccccc3n2Cc2ccc(F)cc2)CC1)c1nccs1. The molecule has 8 nitrogen and oxygen atoms in total. The number of nitrogens with one attached hydrogen (secondary N) is 2. The van der Waals surface area contributed by atoms with Gasteiger partial charge in [-0.1, -0.05) is 24.3 Å². The van der Waals surface area contributed by atoms with E-state index in [0.29, 0.717) is 24.3 Å². The molecule has 5 rings (SSSR count). The number of fused-ring (bicyclic) bond motifs is 1. The van der Waals surface area contributed by atoms with Crippen LogP contribution in [0.2, 0.25) is 0 Å². The number of hydrogen-bond acceptors (Lipinski definition) is 6. The first-order chi connectivity index (χ1) is 17.6. The molecular formula is C26H30FN7OS. The summed E-state index contributed by atoms with van der Waals surface area (Å²) in [5.74, 6) is 0.609. The van der Waals surface area contributed by atoms with Gasteiger partial charge in [0.05, 0.1) is 17.6 Å². The molecule has 2 aromatic carbocycles. The van der Waals surface area contributed by atoms with Gasteiger partial charge in [0, 0.05) is 50.8 Å². The average Bonchev–Trinajstić information content (AvgIpc) is 3.55. The molecule has 0 radical (unpaired) electrons. The number of anilines is 2. The molecule has 0 atom stereocenters. The molecule has 1 fully saturated rings. The molecule has 0 saturated carbocycles. The Morgan fingerprint density at radius 2 is 1.94 bits per heavy atom. The molecule has 0 bridgehead atoms. The molecule has 0 unspecified atom stereocenters. The Morgan fingerprint density at radius 3 is 2.67 bits per heavy atom. The zero-order valence-corrected chi connectivity index (χ0v) is 21.0. The normalized spacial score (nSPS) is 14.7. The maximum absolute atomic E-state index is 13.4. The predicted octanol–water partition coefficient (Wildman–Crippen LogP) is 4.40. The lowest BCUT2D eigenvalue weighted by Crippen LogP contribution is -2.46. The number of likely N-dealkylation sites (tertiary alicyclic amines) is 1. The minimum Gasteiger partial charge on any atom is -0.353 e. The van der Waals surface area contributed by atoms with E-state index >= 15 is 0 Å². The number of rotatable bonds is 8. The Labute approximate surface area is 213 Å². The second-order valence-electron chi connectivity index (χ2n) is 8.92. The van der Waals surface area contributed by atoms with Crippen molar-refractivity contribution in [2.75, 3.05) is 43.4 Å². The largest absolute Gasteiger partial charge is 0.353 e. The standard InChI is InChI=1S/C26H30FN7OS/c1-28-25(35)33(26-29-12-17-36-26)16-15-32-13-10-21(11-14-32)30-24-31-22-4-2-3-5-23(22)34(24)18-19-6-8-20(27)9-7-19/h2-9,12,17,21H,10-11,13-16,18H2,1H3,(H,28,35)(H,30,31). The number of para-hydroxylation sites is 2. The van der Waals surface area contributed by atoms with Crippen molar-refractivity contribution < 1.29 is 9.18 Å². The van der Waals surface area contributed by atoms with Crippen LogP contribution < -0.4 is 15.5 Å². The second-order valence-corrected chi connectivity index (χ2v) is 9.79. The highest BCUT2D eigenvalue weighted by molar-refractivity contribution is 7.13. The average molecular weight is 508 g/mol. The van der Waals surface area contributed by atoms with Gasteiger partial charge in [0.15, 0.2) is 5.13 Å². The lowest BCUT2D eigenvalue weighted by atomic mass is 10.1. The number of nitrogens with zero attached hydrogens (tertiary/aromatic N) is 5. The van der Waals surface area contributed by atoms with Gasteiger partial charge in [0.25, 0.3) is 0 Å². The van der Waals surface area contributed by atoms with Crippen molar-refractivity contribution in [3.63, 3.8) is 0 Å². The fraction of sp³-hybridized carbons (Fsp3) is 0.346. The molecule has 188 valence electrons. The molecule has 0 aliphatic carbocycles. The van der Waals surface area contributed by atoms with Gasteiger partial charge < -0.3 is 20.1 Å². The summed E-state index contributed by atoms with van der Waals surface area (Å²) in [5, 5.41) is 8.98. The highest BCUT2D eigenvalue weighted by atomic mass is 32.1. The van der Waals surface area contributed by atoms with E-state index in [2.05, 4.69) is 31.2 Å². The fourth-order valence-corrected chi connectivity index (χ4v) is 5.28. The molecule has 3 heterocycles. The third-order valence-electron chi connectivity index (χ3n) is 6.58. The number of hydrogen-bond donors (Lipinski definition) is 2. The minimum absolute atomic E-state index is 0.137. The van der Waals surface area contributed by atoms with Gasteiger partial charge in [0.1, 0.15) is 5.82 Å².